The minimum absolute atomic E-state index is 0.111. The summed E-state index contributed by atoms with van der Waals surface area (Å²) < 4.78 is 0. The van der Waals surface area contributed by atoms with Gasteiger partial charge in [-0.05, 0) is 31.2 Å². The van der Waals surface area contributed by atoms with E-state index in [9.17, 15) is 4.79 Å². The lowest BCUT2D eigenvalue weighted by molar-refractivity contribution is -0.131. The minimum atomic E-state index is 0.111. The number of pyridine rings is 2. The maximum atomic E-state index is 12.7. The molecule has 4 rings (SSSR count). The number of hydrogen-bond donors (Lipinski definition) is 0. The van der Waals surface area contributed by atoms with Crippen molar-refractivity contribution < 1.29 is 4.79 Å². The summed E-state index contributed by atoms with van der Waals surface area (Å²) in [6, 6.07) is 9.99. The average molecular weight is 308 g/mol. The lowest BCUT2D eigenvalue weighted by Gasteiger charge is -2.22. The van der Waals surface area contributed by atoms with Gasteiger partial charge in [-0.25, -0.2) is 0 Å². The van der Waals surface area contributed by atoms with E-state index in [0.717, 1.165) is 36.7 Å². The first-order valence-corrected chi connectivity index (χ1v) is 8.07. The van der Waals surface area contributed by atoms with E-state index in [0.29, 0.717) is 12.5 Å². The first-order valence-electron chi connectivity index (χ1n) is 8.07. The molecule has 2 aliphatic rings. The van der Waals surface area contributed by atoms with E-state index in [2.05, 4.69) is 20.9 Å². The number of fused-ring (bicyclic) bond motifs is 1. The second-order valence-corrected chi connectivity index (χ2v) is 6.47. The van der Waals surface area contributed by atoms with Crippen molar-refractivity contribution in [2.45, 2.75) is 13.5 Å². The maximum absolute atomic E-state index is 12.7. The largest absolute Gasteiger partial charge is 0.369 e. The van der Waals surface area contributed by atoms with Crippen molar-refractivity contribution in [2.24, 2.45) is 11.8 Å². The molecule has 23 heavy (non-hydrogen) atoms. The summed E-state index contributed by atoms with van der Waals surface area (Å²) in [4.78, 5) is 25.7. The molecular weight excluding hydrogens is 288 g/mol. The molecule has 0 bridgehead atoms. The number of nitrogens with zero attached hydrogens (tertiary/aromatic N) is 4. The number of rotatable bonds is 3. The van der Waals surface area contributed by atoms with Gasteiger partial charge in [-0.1, -0.05) is 6.07 Å². The van der Waals surface area contributed by atoms with Crippen LogP contribution in [-0.2, 0) is 11.3 Å². The third-order valence-electron chi connectivity index (χ3n) is 4.83. The Morgan fingerprint density at radius 1 is 1.17 bits per heavy atom. The van der Waals surface area contributed by atoms with Gasteiger partial charge in [0.15, 0.2) is 0 Å². The van der Waals surface area contributed by atoms with Gasteiger partial charge in [0, 0.05) is 37.4 Å². The zero-order chi connectivity index (χ0) is 15.8. The van der Waals surface area contributed by atoms with Crippen LogP contribution in [0.15, 0.2) is 42.7 Å². The molecular formula is C18H20N4O. The molecule has 0 N–H and O–H groups in total. The molecule has 0 unspecified atom stereocenters. The Hall–Kier alpha value is -2.43. The molecule has 0 aromatic carbocycles. The Balaban J connectivity index is 1.44. The third-order valence-corrected chi connectivity index (χ3v) is 4.83. The molecule has 2 aromatic rings. The zero-order valence-electron chi connectivity index (χ0n) is 13.2. The monoisotopic (exact) mass is 308 g/mol. The van der Waals surface area contributed by atoms with Gasteiger partial charge in [0.1, 0.15) is 0 Å². The number of anilines is 1. The predicted octanol–water partition coefficient (Wildman–Crippen LogP) is 1.88. The van der Waals surface area contributed by atoms with E-state index >= 15 is 0 Å². The summed E-state index contributed by atoms with van der Waals surface area (Å²) in [6.45, 7) is 5.17. The van der Waals surface area contributed by atoms with Crippen LogP contribution in [0.1, 0.15) is 11.4 Å². The van der Waals surface area contributed by atoms with Crippen molar-refractivity contribution in [1.82, 2.24) is 14.9 Å². The van der Waals surface area contributed by atoms with Gasteiger partial charge in [0.2, 0.25) is 5.91 Å². The van der Waals surface area contributed by atoms with E-state index in [1.165, 1.54) is 0 Å². The van der Waals surface area contributed by atoms with Gasteiger partial charge in [-0.2, -0.15) is 0 Å². The van der Waals surface area contributed by atoms with E-state index < -0.39 is 0 Å². The molecule has 0 saturated carbocycles. The number of amides is 1. The molecule has 0 spiro atoms. The summed E-state index contributed by atoms with van der Waals surface area (Å²) >= 11 is 0. The lowest BCUT2D eigenvalue weighted by atomic mass is 10.0. The molecule has 2 aliphatic heterocycles. The van der Waals surface area contributed by atoms with Crippen LogP contribution in [-0.4, -0.2) is 40.4 Å². The van der Waals surface area contributed by atoms with Crippen LogP contribution >= 0.6 is 0 Å². The SMILES string of the molecule is Cc1cccc(CN2C[C@@H]3CN(c4cccnc4)C[C@@H]3C2=O)n1. The normalized spacial score (nSPS) is 23.4. The van der Waals surface area contributed by atoms with E-state index in [1.807, 2.05) is 42.3 Å². The van der Waals surface area contributed by atoms with Crippen molar-refractivity contribution in [3.8, 4) is 0 Å². The fourth-order valence-corrected chi connectivity index (χ4v) is 3.72. The van der Waals surface area contributed by atoms with Gasteiger partial charge in [-0.3, -0.25) is 14.8 Å². The summed E-state index contributed by atoms with van der Waals surface area (Å²) in [5, 5.41) is 0. The van der Waals surface area contributed by atoms with E-state index in [-0.39, 0.29) is 11.8 Å². The maximum Gasteiger partial charge on any atom is 0.228 e. The summed E-state index contributed by atoms with van der Waals surface area (Å²) in [6.07, 6.45) is 3.65. The molecule has 2 aromatic heterocycles. The Morgan fingerprint density at radius 2 is 2.09 bits per heavy atom. The topological polar surface area (TPSA) is 49.3 Å². The fourth-order valence-electron chi connectivity index (χ4n) is 3.72. The van der Waals surface area contributed by atoms with Gasteiger partial charge >= 0.3 is 0 Å². The van der Waals surface area contributed by atoms with Crippen LogP contribution in [0, 0.1) is 18.8 Å². The highest BCUT2D eigenvalue weighted by atomic mass is 16.2. The molecule has 0 aliphatic carbocycles. The van der Waals surface area contributed by atoms with Crippen LogP contribution in [0.3, 0.4) is 0 Å². The summed E-state index contributed by atoms with van der Waals surface area (Å²) in [5.41, 5.74) is 3.08. The number of hydrogen-bond acceptors (Lipinski definition) is 4. The van der Waals surface area contributed by atoms with Crippen LogP contribution < -0.4 is 4.90 Å². The molecule has 2 saturated heterocycles. The summed E-state index contributed by atoms with van der Waals surface area (Å²) in [5.74, 6) is 0.789. The van der Waals surface area contributed by atoms with E-state index in [1.54, 1.807) is 6.20 Å². The summed E-state index contributed by atoms with van der Waals surface area (Å²) in [7, 11) is 0. The highest BCUT2D eigenvalue weighted by Crippen LogP contribution is 2.35. The standard InChI is InChI=1S/C18H20N4O/c1-13-4-2-5-15(20-13)11-22-10-14-9-21(12-17(14)18(22)23)16-6-3-7-19-8-16/h2-8,14,17H,9-12H2,1H3/t14-,17-/m0/s1. The number of aryl methyl sites for hydroxylation is 1. The zero-order valence-corrected chi connectivity index (χ0v) is 13.2. The average Bonchev–Trinajstić information content (AvgIpc) is 3.09. The highest BCUT2D eigenvalue weighted by Gasteiger charge is 2.46. The second-order valence-electron chi connectivity index (χ2n) is 6.47. The lowest BCUT2D eigenvalue weighted by Crippen LogP contribution is -2.32. The Kier molecular flexibility index (Phi) is 3.48. The fraction of sp³-hybridized carbons (Fsp3) is 0.389. The molecule has 5 heteroatoms. The number of carbonyl (C=O) groups is 1. The van der Waals surface area contributed by atoms with E-state index in [4.69, 9.17) is 0 Å². The molecule has 1 amide bonds. The minimum Gasteiger partial charge on any atom is -0.369 e. The van der Waals surface area contributed by atoms with Crippen LogP contribution in [0.4, 0.5) is 5.69 Å². The molecule has 4 heterocycles. The quantitative estimate of drug-likeness (QED) is 0.869. The van der Waals surface area contributed by atoms with Crippen molar-refractivity contribution >= 4 is 11.6 Å². The van der Waals surface area contributed by atoms with Crippen molar-refractivity contribution in [2.75, 3.05) is 24.5 Å². The van der Waals surface area contributed by atoms with Gasteiger partial charge in [0.05, 0.1) is 30.0 Å². The number of aromatic nitrogens is 2. The van der Waals surface area contributed by atoms with Crippen LogP contribution in [0.25, 0.3) is 0 Å². The first-order chi connectivity index (χ1) is 11.2. The second kappa shape index (κ2) is 5.65. The van der Waals surface area contributed by atoms with Crippen molar-refractivity contribution in [3.05, 3.63) is 54.1 Å². The Morgan fingerprint density at radius 3 is 2.83 bits per heavy atom. The molecule has 0 radical (unpaired) electrons. The first kappa shape index (κ1) is 14.2. The van der Waals surface area contributed by atoms with Crippen LogP contribution in [0.2, 0.25) is 0 Å². The van der Waals surface area contributed by atoms with Crippen molar-refractivity contribution in [1.29, 1.82) is 0 Å². The molecule has 5 nitrogen and oxygen atoms in total. The molecule has 2 fully saturated rings. The predicted molar refractivity (Wildman–Crippen MR) is 87.8 cm³/mol. The van der Waals surface area contributed by atoms with Gasteiger partial charge < -0.3 is 9.80 Å². The number of carbonyl (C=O) groups excluding carboxylic acids is 1. The molecule has 2 atom stereocenters. The smallest absolute Gasteiger partial charge is 0.228 e. The van der Waals surface area contributed by atoms with Gasteiger partial charge in [0.25, 0.3) is 0 Å². The third kappa shape index (κ3) is 2.67. The van der Waals surface area contributed by atoms with Gasteiger partial charge in [-0.15, -0.1) is 0 Å². The van der Waals surface area contributed by atoms with Crippen LogP contribution in [0.5, 0.6) is 0 Å². The molecule has 118 valence electrons. The Bertz CT molecular complexity index is 718. The van der Waals surface area contributed by atoms with Crippen molar-refractivity contribution in [3.63, 3.8) is 0 Å². The highest BCUT2D eigenvalue weighted by molar-refractivity contribution is 5.83. The Labute approximate surface area is 136 Å². The number of likely N-dealkylation sites (tertiary alicyclic amines) is 1.